The summed E-state index contributed by atoms with van der Waals surface area (Å²) in [5.41, 5.74) is 4.73. The maximum absolute atomic E-state index is 12.3. The fourth-order valence-corrected chi connectivity index (χ4v) is 2.02. The summed E-state index contributed by atoms with van der Waals surface area (Å²) in [5, 5.41) is 0. The van der Waals surface area contributed by atoms with E-state index >= 15 is 0 Å². The molecule has 1 aromatic carbocycles. The molecule has 0 fully saturated rings. The van der Waals surface area contributed by atoms with Crippen LogP contribution in [0.5, 0.6) is 5.75 Å². The Bertz CT molecular complexity index is 616. The van der Waals surface area contributed by atoms with Crippen molar-refractivity contribution in [3.63, 3.8) is 0 Å². The molecule has 0 saturated carbocycles. The maximum Gasteiger partial charge on any atom is 0.573 e. The van der Waals surface area contributed by atoms with Crippen molar-refractivity contribution in [2.45, 2.75) is 19.3 Å². The Morgan fingerprint density at radius 3 is 2.52 bits per heavy atom. The molecule has 21 heavy (non-hydrogen) atoms. The quantitative estimate of drug-likeness (QED) is 0.673. The van der Waals surface area contributed by atoms with Gasteiger partial charge in [-0.25, -0.2) is 5.43 Å². The zero-order valence-electron chi connectivity index (χ0n) is 11.2. The van der Waals surface area contributed by atoms with E-state index in [2.05, 4.69) is 15.1 Å². The van der Waals surface area contributed by atoms with E-state index in [-0.39, 0.29) is 5.75 Å². The molecule has 0 aliphatic rings. The summed E-state index contributed by atoms with van der Waals surface area (Å²) in [6, 6.07) is 8.79. The highest BCUT2D eigenvalue weighted by atomic mass is 19.4. The summed E-state index contributed by atoms with van der Waals surface area (Å²) in [6.07, 6.45) is -3.11. The molecule has 0 amide bonds. The number of nitrogens with one attached hydrogen (secondary N) is 1. The summed E-state index contributed by atoms with van der Waals surface area (Å²) < 4.78 is 40.7. The van der Waals surface area contributed by atoms with Gasteiger partial charge in [-0.15, -0.1) is 13.2 Å². The monoisotopic (exact) mass is 297 g/mol. The first-order chi connectivity index (χ1) is 9.89. The first kappa shape index (κ1) is 15.3. The van der Waals surface area contributed by atoms with Crippen molar-refractivity contribution < 1.29 is 17.9 Å². The highest BCUT2D eigenvalue weighted by molar-refractivity contribution is 5.36. The van der Waals surface area contributed by atoms with Gasteiger partial charge < -0.3 is 4.74 Å². The Kier molecular flexibility index (Phi) is 4.44. The largest absolute Gasteiger partial charge is 0.573 e. The van der Waals surface area contributed by atoms with Crippen LogP contribution in [0.4, 0.5) is 13.2 Å². The second kappa shape index (κ2) is 6.11. The van der Waals surface area contributed by atoms with Crippen LogP contribution in [0.15, 0.2) is 42.6 Å². The summed E-state index contributed by atoms with van der Waals surface area (Å²) in [4.78, 5) is 4.07. The molecule has 112 valence electrons. The third-order valence-electron chi connectivity index (χ3n) is 2.85. The molecule has 1 heterocycles. The number of hydrazine groups is 1. The second-order valence-corrected chi connectivity index (χ2v) is 4.45. The molecule has 0 aliphatic carbocycles. The predicted molar refractivity (Wildman–Crippen MR) is 71.3 cm³/mol. The number of rotatable bonds is 4. The van der Waals surface area contributed by atoms with Gasteiger partial charge in [-0.05, 0) is 42.3 Å². The summed E-state index contributed by atoms with van der Waals surface area (Å²) in [7, 11) is 0. The van der Waals surface area contributed by atoms with Crippen LogP contribution < -0.4 is 16.0 Å². The van der Waals surface area contributed by atoms with Crippen LogP contribution >= 0.6 is 0 Å². The zero-order valence-corrected chi connectivity index (χ0v) is 11.2. The SMILES string of the molecule is Cc1cc(C(NN)c2cccc(OC(F)(F)F)c2)ccn1. The average molecular weight is 297 g/mol. The first-order valence-electron chi connectivity index (χ1n) is 6.13. The number of aryl methyl sites for hydroxylation is 1. The lowest BCUT2D eigenvalue weighted by atomic mass is 9.99. The molecule has 1 aromatic heterocycles. The second-order valence-electron chi connectivity index (χ2n) is 4.45. The summed E-state index contributed by atoms with van der Waals surface area (Å²) >= 11 is 0. The molecule has 2 rings (SSSR count). The number of halogens is 3. The topological polar surface area (TPSA) is 60.2 Å². The van der Waals surface area contributed by atoms with Gasteiger partial charge in [-0.1, -0.05) is 12.1 Å². The number of alkyl halides is 3. The van der Waals surface area contributed by atoms with E-state index in [9.17, 15) is 13.2 Å². The molecule has 0 spiro atoms. The molecule has 2 aromatic rings. The molecule has 1 atom stereocenters. The highest BCUT2D eigenvalue weighted by Crippen LogP contribution is 2.28. The number of hydrogen-bond acceptors (Lipinski definition) is 4. The third kappa shape index (κ3) is 4.17. The van der Waals surface area contributed by atoms with E-state index in [1.165, 1.54) is 18.2 Å². The van der Waals surface area contributed by atoms with E-state index < -0.39 is 12.4 Å². The summed E-state index contributed by atoms with van der Waals surface area (Å²) in [5.74, 6) is 5.24. The number of aromatic nitrogens is 1. The highest BCUT2D eigenvalue weighted by Gasteiger charge is 2.31. The lowest BCUT2D eigenvalue weighted by Gasteiger charge is -2.18. The Morgan fingerprint density at radius 2 is 1.90 bits per heavy atom. The average Bonchev–Trinajstić information content (AvgIpc) is 2.38. The van der Waals surface area contributed by atoms with E-state index in [0.717, 1.165) is 11.3 Å². The maximum atomic E-state index is 12.3. The van der Waals surface area contributed by atoms with Crippen molar-refractivity contribution in [3.05, 3.63) is 59.4 Å². The Hall–Kier alpha value is -2.12. The van der Waals surface area contributed by atoms with Crippen LogP contribution in [-0.2, 0) is 0 Å². The van der Waals surface area contributed by atoms with E-state index in [4.69, 9.17) is 5.84 Å². The molecule has 0 radical (unpaired) electrons. The predicted octanol–water partition coefficient (Wildman–Crippen LogP) is 2.84. The number of nitrogens with two attached hydrogens (primary N) is 1. The smallest absolute Gasteiger partial charge is 0.406 e. The number of ether oxygens (including phenoxy) is 1. The van der Waals surface area contributed by atoms with Crippen LogP contribution in [0.2, 0.25) is 0 Å². The first-order valence-corrected chi connectivity index (χ1v) is 6.13. The van der Waals surface area contributed by atoms with Crippen LogP contribution in [0, 0.1) is 6.92 Å². The van der Waals surface area contributed by atoms with Crippen molar-refractivity contribution in [1.29, 1.82) is 0 Å². The van der Waals surface area contributed by atoms with Crippen molar-refractivity contribution in [3.8, 4) is 5.75 Å². The lowest BCUT2D eigenvalue weighted by molar-refractivity contribution is -0.274. The van der Waals surface area contributed by atoms with Gasteiger partial charge in [-0.2, -0.15) is 0 Å². The molecule has 0 aliphatic heterocycles. The van der Waals surface area contributed by atoms with Gasteiger partial charge in [0.2, 0.25) is 0 Å². The normalized spacial score (nSPS) is 13.0. The molecule has 0 bridgehead atoms. The third-order valence-corrected chi connectivity index (χ3v) is 2.85. The van der Waals surface area contributed by atoms with Gasteiger partial charge in [0.25, 0.3) is 0 Å². The number of benzene rings is 1. The van der Waals surface area contributed by atoms with E-state index in [1.807, 2.05) is 13.0 Å². The minimum atomic E-state index is -4.72. The molecule has 3 N–H and O–H groups in total. The minimum Gasteiger partial charge on any atom is -0.406 e. The Morgan fingerprint density at radius 1 is 1.19 bits per heavy atom. The number of hydrogen-bond donors (Lipinski definition) is 2. The fraction of sp³-hybridized carbons (Fsp3) is 0.214. The summed E-state index contributed by atoms with van der Waals surface area (Å²) in [6.45, 7) is 1.82. The minimum absolute atomic E-state index is 0.286. The molecule has 4 nitrogen and oxygen atoms in total. The molecule has 7 heteroatoms. The van der Waals surface area contributed by atoms with Gasteiger partial charge in [0.05, 0.1) is 6.04 Å². The van der Waals surface area contributed by atoms with Gasteiger partial charge in [0.1, 0.15) is 5.75 Å². The van der Waals surface area contributed by atoms with Crippen molar-refractivity contribution in [2.75, 3.05) is 0 Å². The lowest BCUT2D eigenvalue weighted by Crippen LogP contribution is -2.29. The standard InChI is InChI=1S/C14H14F3N3O/c1-9-7-11(5-6-19-9)13(20-18)10-3-2-4-12(8-10)21-14(15,16)17/h2-8,13,20H,18H2,1H3. The van der Waals surface area contributed by atoms with Crippen molar-refractivity contribution in [1.82, 2.24) is 10.4 Å². The number of pyridine rings is 1. The van der Waals surface area contributed by atoms with Gasteiger partial charge in [0.15, 0.2) is 0 Å². The van der Waals surface area contributed by atoms with Gasteiger partial charge in [0, 0.05) is 11.9 Å². The molecular weight excluding hydrogens is 283 g/mol. The Labute approximate surface area is 119 Å². The van der Waals surface area contributed by atoms with Crippen molar-refractivity contribution in [2.24, 2.45) is 5.84 Å². The molecule has 0 saturated heterocycles. The molecular formula is C14H14F3N3O. The van der Waals surface area contributed by atoms with E-state index in [0.29, 0.717) is 5.56 Å². The Balaban J connectivity index is 2.32. The zero-order chi connectivity index (χ0) is 15.5. The van der Waals surface area contributed by atoms with Crippen LogP contribution in [0.25, 0.3) is 0 Å². The molecule has 1 unspecified atom stereocenters. The van der Waals surface area contributed by atoms with Crippen molar-refractivity contribution >= 4 is 0 Å². The van der Waals surface area contributed by atoms with E-state index in [1.54, 1.807) is 18.3 Å². The number of nitrogens with zero attached hydrogens (tertiary/aromatic N) is 1. The van der Waals surface area contributed by atoms with Crippen LogP contribution in [-0.4, -0.2) is 11.3 Å². The van der Waals surface area contributed by atoms with Gasteiger partial charge in [-0.3, -0.25) is 10.8 Å². The van der Waals surface area contributed by atoms with Gasteiger partial charge >= 0.3 is 6.36 Å². The van der Waals surface area contributed by atoms with Crippen LogP contribution in [0.3, 0.4) is 0 Å². The van der Waals surface area contributed by atoms with Crippen LogP contribution in [0.1, 0.15) is 22.9 Å². The fourth-order valence-electron chi connectivity index (χ4n) is 2.02.